The largest absolute Gasteiger partial charge is 0.491 e. The lowest BCUT2D eigenvalue weighted by atomic mass is 10.1. The summed E-state index contributed by atoms with van der Waals surface area (Å²) in [6, 6.07) is 5.56. The van der Waals surface area contributed by atoms with Crippen LogP contribution in [0.2, 0.25) is 0 Å². The Balaban J connectivity index is 1.62. The minimum atomic E-state index is -0.0305. The number of fused-ring (bicyclic) bond motifs is 1. The molecular formula is C14H16N2O3. The second-order valence-electron chi connectivity index (χ2n) is 4.77. The van der Waals surface area contributed by atoms with Gasteiger partial charge in [-0.3, -0.25) is 4.79 Å². The van der Waals surface area contributed by atoms with E-state index in [0.29, 0.717) is 26.1 Å². The number of urea groups is 1. The number of Topliss-reactive ketones (excluding diaryl/α,β-unsaturated/α-hetero) is 1. The number of hydrogen-bond acceptors (Lipinski definition) is 3. The highest BCUT2D eigenvalue weighted by atomic mass is 16.5. The Morgan fingerprint density at radius 2 is 2.16 bits per heavy atom. The molecule has 0 spiro atoms. The van der Waals surface area contributed by atoms with Gasteiger partial charge >= 0.3 is 6.03 Å². The molecule has 1 aromatic rings. The number of carbonyl (C=O) groups is 2. The zero-order valence-corrected chi connectivity index (χ0v) is 10.6. The van der Waals surface area contributed by atoms with E-state index in [1.54, 1.807) is 4.90 Å². The van der Waals surface area contributed by atoms with Crippen molar-refractivity contribution in [2.24, 2.45) is 0 Å². The summed E-state index contributed by atoms with van der Waals surface area (Å²) in [6.07, 6.45) is 1.33. The second kappa shape index (κ2) is 4.91. The summed E-state index contributed by atoms with van der Waals surface area (Å²) in [5.41, 5.74) is 1.80. The molecule has 1 N–H and O–H groups in total. The first-order chi connectivity index (χ1) is 9.25. The van der Waals surface area contributed by atoms with Crippen LogP contribution in [0.25, 0.3) is 0 Å². The maximum absolute atomic E-state index is 11.6. The first-order valence-electron chi connectivity index (χ1n) is 6.56. The minimum absolute atomic E-state index is 0.0305. The van der Waals surface area contributed by atoms with Crippen LogP contribution in [0.1, 0.15) is 22.3 Å². The third-order valence-electron chi connectivity index (χ3n) is 3.60. The molecule has 2 aliphatic rings. The summed E-state index contributed by atoms with van der Waals surface area (Å²) in [7, 11) is 0. The average Bonchev–Trinajstić information content (AvgIpc) is 2.98. The van der Waals surface area contributed by atoms with Gasteiger partial charge in [0.2, 0.25) is 0 Å². The Morgan fingerprint density at radius 3 is 2.95 bits per heavy atom. The summed E-state index contributed by atoms with van der Waals surface area (Å²) < 4.78 is 5.73. The van der Waals surface area contributed by atoms with Crippen LogP contribution >= 0.6 is 0 Å². The second-order valence-corrected chi connectivity index (χ2v) is 4.77. The Kier molecular flexibility index (Phi) is 3.11. The molecule has 1 aromatic carbocycles. The number of benzene rings is 1. The SMILES string of the molecule is O=C1CCc2c(OCCN3CCNC3=O)cccc21. The summed E-state index contributed by atoms with van der Waals surface area (Å²) in [5, 5.41) is 2.75. The Morgan fingerprint density at radius 1 is 1.26 bits per heavy atom. The number of ketones is 1. The van der Waals surface area contributed by atoms with E-state index >= 15 is 0 Å². The molecule has 19 heavy (non-hydrogen) atoms. The molecule has 0 bridgehead atoms. The van der Waals surface area contributed by atoms with Crippen molar-refractivity contribution in [3.8, 4) is 5.75 Å². The van der Waals surface area contributed by atoms with Gasteiger partial charge in [-0.2, -0.15) is 0 Å². The van der Waals surface area contributed by atoms with Crippen molar-refractivity contribution >= 4 is 11.8 Å². The van der Waals surface area contributed by atoms with Gasteiger partial charge in [-0.25, -0.2) is 4.79 Å². The summed E-state index contributed by atoms with van der Waals surface area (Å²) in [5.74, 6) is 0.974. The third-order valence-corrected chi connectivity index (χ3v) is 3.60. The molecule has 1 aliphatic carbocycles. The fourth-order valence-corrected chi connectivity index (χ4v) is 2.58. The zero-order valence-electron chi connectivity index (χ0n) is 10.6. The van der Waals surface area contributed by atoms with Gasteiger partial charge in [0.1, 0.15) is 12.4 Å². The Labute approximate surface area is 111 Å². The van der Waals surface area contributed by atoms with Gasteiger partial charge in [0.25, 0.3) is 0 Å². The van der Waals surface area contributed by atoms with Gasteiger partial charge in [-0.15, -0.1) is 0 Å². The number of carbonyl (C=O) groups excluding carboxylic acids is 2. The molecule has 0 radical (unpaired) electrons. The first kappa shape index (κ1) is 12.0. The predicted octanol–water partition coefficient (Wildman–Crippen LogP) is 1.22. The smallest absolute Gasteiger partial charge is 0.317 e. The zero-order chi connectivity index (χ0) is 13.2. The van der Waals surface area contributed by atoms with Crippen LogP contribution in [-0.4, -0.2) is 43.0 Å². The van der Waals surface area contributed by atoms with Gasteiger partial charge in [0, 0.05) is 30.6 Å². The Hall–Kier alpha value is -2.04. The maximum atomic E-state index is 11.6. The fraction of sp³-hybridized carbons (Fsp3) is 0.429. The molecule has 3 rings (SSSR count). The van der Waals surface area contributed by atoms with Crippen LogP contribution in [0, 0.1) is 0 Å². The van der Waals surface area contributed by atoms with E-state index in [1.165, 1.54) is 0 Å². The van der Waals surface area contributed by atoms with E-state index in [4.69, 9.17) is 4.74 Å². The van der Waals surface area contributed by atoms with Gasteiger partial charge in [0.15, 0.2) is 5.78 Å². The monoisotopic (exact) mass is 260 g/mol. The lowest BCUT2D eigenvalue weighted by molar-refractivity contribution is 0.0994. The van der Waals surface area contributed by atoms with Crippen molar-refractivity contribution in [1.29, 1.82) is 0 Å². The molecule has 0 unspecified atom stereocenters. The highest BCUT2D eigenvalue weighted by Gasteiger charge is 2.23. The van der Waals surface area contributed by atoms with Crippen LogP contribution in [0.15, 0.2) is 18.2 Å². The molecule has 5 nitrogen and oxygen atoms in total. The van der Waals surface area contributed by atoms with Crippen LogP contribution in [-0.2, 0) is 6.42 Å². The normalized spacial score (nSPS) is 17.6. The van der Waals surface area contributed by atoms with E-state index in [0.717, 1.165) is 29.8 Å². The molecular weight excluding hydrogens is 244 g/mol. The van der Waals surface area contributed by atoms with Crippen molar-refractivity contribution in [2.75, 3.05) is 26.2 Å². The molecule has 1 fully saturated rings. The average molecular weight is 260 g/mol. The summed E-state index contributed by atoms with van der Waals surface area (Å²) >= 11 is 0. The highest BCUT2D eigenvalue weighted by Crippen LogP contribution is 2.30. The molecule has 1 saturated heterocycles. The van der Waals surface area contributed by atoms with Gasteiger partial charge in [-0.1, -0.05) is 12.1 Å². The van der Waals surface area contributed by atoms with Crippen molar-refractivity contribution in [3.63, 3.8) is 0 Å². The minimum Gasteiger partial charge on any atom is -0.491 e. The van der Waals surface area contributed by atoms with E-state index < -0.39 is 0 Å². The lowest BCUT2D eigenvalue weighted by Gasteiger charge is -2.15. The number of nitrogens with one attached hydrogen (secondary N) is 1. The maximum Gasteiger partial charge on any atom is 0.317 e. The van der Waals surface area contributed by atoms with E-state index in [-0.39, 0.29) is 11.8 Å². The molecule has 0 atom stereocenters. The van der Waals surface area contributed by atoms with Gasteiger partial charge < -0.3 is 15.0 Å². The molecule has 0 aromatic heterocycles. The van der Waals surface area contributed by atoms with Crippen molar-refractivity contribution < 1.29 is 14.3 Å². The molecule has 2 amide bonds. The van der Waals surface area contributed by atoms with Crippen molar-refractivity contribution in [2.45, 2.75) is 12.8 Å². The van der Waals surface area contributed by atoms with E-state index in [2.05, 4.69) is 5.32 Å². The number of ether oxygens (including phenoxy) is 1. The van der Waals surface area contributed by atoms with Gasteiger partial charge in [0.05, 0.1) is 6.54 Å². The van der Waals surface area contributed by atoms with Crippen LogP contribution < -0.4 is 10.1 Å². The van der Waals surface area contributed by atoms with Gasteiger partial charge in [-0.05, 0) is 12.5 Å². The molecule has 1 aliphatic heterocycles. The van der Waals surface area contributed by atoms with Crippen LogP contribution in [0.4, 0.5) is 4.79 Å². The van der Waals surface area contributed by atoms with E-state index in [9.17, 15) is 9.59 Å². The molecule has 5 heteroatoms. The van der Waals surface area contributed by atoms with Crippen molar-refractivity contribution in [3.05, 3.63) is 29.3 Å². The van der Waals surface area contributed by atoms with Crippen LogP contribution in [0.3, 0.4) is 0 Å². The fourth-order valence-electron chi connectivity index (χ4n) is 2.58. The molecule has 1 heterocycles. The topological polar surface area (TPSA) is 58.6 Å². The third kappa shape index (κ3) is 2.28. The highest BCUT2D eigenvalue weighted by molar-refractivity contribution is 6.01. The Bertz CT molecular complexity index is 527. The number of rotatable bonds is 4. The first-order valence-corrected chi connectivity index (χ1v) is 6.56. The quantitative estimate of drug-likeness (QED) is 0.885. The molecule has 0 saturated carbocycles. The standard InChI is InChI=1S/C14H16N2O3/c17-12-5-4-11-10(12)2-1-3-13(11)19-9-8-16-7-6-15-14(16)18/h1-3H,4-9H2,(H,15,18). The number of hydrogen-bond donors (Lipinski definition) is 1. The van der Waals surface area contributed by atoms with Crippen LogP contribution in [0.5, 0.6) is 5.75 Å². The summed E-state index contributed by atoms with van der Waals surface area (Å²) in [6.45, 7) is 2.46. The summed E-state index contributed by atoms with van der Waals surface area (Å²) in [4.78, 5) is 24.7. The molecule has 100 valence electrons. The number of nitrogens with zero attached hydrogens (tertiary/aromatic N) is 1. The predicted molar refractivity (Wildman–Crippen MR) is 69.6 cm³/mol. The lowest BCUT2D eigenvalue weighted by Crippen LogP contribution is -2.31. The number of amides is 2. The van der Waals surface area contributed by atoms with Crippen molar-refractivity contribution in [1.82, 2.24) is 10.2 Å². The van der Waals surface area contributed by atoms with E-state index in [1.807, 2.05) is 18.2 Å².